The molecule has 1 aromatic heterocycles. The Hall–Kier alpha value is -1.91. The van der Waals surface area contributed by atoms with E-state index in [9.17, 15) is 4.39 Å². The molecule has 0 saturated carbocycles. The minimum Gasteiger partial charge on any atom is -0.331 e. The molecule has 1 aromatic carbocycles. The zero-order valence-corrected chi connectivity index (χ0v) is 13.9. The molecule has 0 amide bonds. The molecule has 0 aliphatic rings. The number of nitriles is 1. The summed E-state index contributed by atoms with van der Waals surface area (Å²) in [6.07, 6.45) is 0. The molecule has 2 aromatic rings. The van der Waals surface area contributed by atoms with Crippen LogP contribution in [0.4, 0.5) is 4.39 Å². The smallest absolute Gasteiger partial charge is 0.197 e. The van der Waals surface area contributed by atoms with E-state index in [0.717, 1.165) is 11.5 Å². The summed E-state index contributed by atoms with van der Waals surface area (Å²) in [7, 11) is 4.08. The third-order valence-corrected chi connectivity index (χ3v) is 4.39. The van der Waals surface area contributed by atoms with Gasteiger partial charge in [-0.1, -0.05) is 11.8 Å². The van der Waals surface area contributed by atoms with Crippen LogP contribution in [0.1, 0.15) is 25.7 Å². The summed E-state index contributed by atoms with van der Waals surface area (Å²) in [6, 6.07) is 8.51. The minimum atomic E-state index is -0.288. The first kappa shape index (κ1) is 16.5. The summed E-state index contributed by atoms with van der Waals surface area (Å²) >= 11 is 1.34. The molecule has 1 heterocycles. The Labute approximate surface area is 133 Å². The van der Waals surface area contributed by atoms with Gasteiger partial charge in [-0.05, 0) is 38.1 Å². The van der Waals surface area contributed by atoms with E-state index in [1.54, 1.807) is 12.1 Å². The fourth-order valence-electron chi connectivity index (χ4n) is 1.91. The van der Waals surface area contributed by atoms with Gasteiger partial charge in [-0.2, -0.15) is 5.26 Å². The van der Waals surface area contributed by atoms with Gasteiger partial charge in [-0.25, -0.2) is 4.39 Å². The lowest BCUT2D eigenvalue weighted by Crippen LogP contribution is -3.05. The van der Waals surface area contributed by atoms with Crippen LogP contribution in [0, 0.1) is 17.1 Å². The van der Waals surface area contributed by atoms with Gasteiger partial charge in [0.05, 0.1) is 25.4 Å². The highest BCUT2D eigenvalue weighted by atomic mass is 32.2. The second kappa shape index (κ2) is 6.90. The fourth-order valence-corrected chi connectivity index (χ4v) is 2.67. The average Bonchev–Trinajstić information content (AvgIpc) is 2.90. The normalized spacial score (nSPS) is 13.9. The molecule has 2 atom stereocenters. The van der Waals surface area contributed by atoms with Gasteiger partial charge in [-0.3, -0.25) is 4.57 Å². The molecular weight excluding hydrogens is 301 g/mol. The molecule has 0 spiro atoms. The number of thioether (sulfide) groups is 1. The van der Waals surface area contributed by atoms with E-state index < -0.39 is 0 Å². The molecule has 0 bridgehead atoms. The topological polar surface area (TPSA) is 58.9 Å². The van der Waals surface area contributed by atoms with Gasteiger partial charge in [0.15, 0.2) is 11.0 Å². The van der Waals surface area contributed by atoms with Crippen molar-refractivity contribution in [3.63, 3.8) is 0 Å². The van der Waals surface area contributed by atoms with Crippen LogP contribution in [0.15, 0.2) is 29.4 Å². The van der Waals surface area contributed by atoms with Crippen molar-refractivity contribution in [2.75, 3.05) is 14.1 Å². The second-order valence-electron chi connectivity index (χ2n) is 5.34. The molecular formula is C15H19FN5S+. The molecule has 2 rings (SSSR count). The second-order valence-corrected chi connectivity index (χ2v) is 6.65. The van der Waals surface area contributed by atoms with Gasteiger partial charge < -0.3 is 4.90 Å². The highest BCUT2D eigenvalue weighted by Crippen LogP contribution is 2.27. The summed E-state index contributed by atoms with van der Waals surface area (Å²) < 4.78 is 15.1. The largest absolute Gasteiger partial charge is 0.331 e. The quantitative estimate of drug-likeness (QED) is 0.851. The summed E-state index contributed by atoms with van der Waals surface area (Å²) in [4.78, 5) is 1.21. The summed E-state index contributed by atoms with van der Waals surface area (Å²) in [5.41, 5.74) is 0.794. The lowest BCUT2D eigenvalue weighted by molar-refractivity contribution is -0.890. The molecule has 7 heteroatoms. The maximum atomic E-state index is 13.2. The van der Waals surface area contributed by atoms with Crippen LogP contribution >= 0.6 is 11.8 Å². The SMILES string of the molecule is C[C@@H](C#N)Sc1nnc([C@H](C)[NH+](C)C)n1-c1ccc(F)cc1. The predicted octanol–water partition coefficient (Wildman–Crippen LogP) is 1.62. The average molecular weight is 320 g/mol. The predicted molar refractivity (Wildman–Crippen MR) is 83.5 cm³/mol. The number of benzene rings is 1. The Morgan fingerprint density at radius 3 is 2.41 bits per heavy atom. The molecule has 0 saturated heterocycles. The van der Waals surface area contributed by atoms with E-state index in [4.69, 9.17) is 5.26 Å². The van der Waals surface area contributed by atoms with Gasteiger partial charge >= 0.3 is 0 Å². The molecule has 0 radical (unpaired) electrons. The van der Waals surface area contributed by atoms with E-state index in [1.165, 1.54) is 28.8 Å². The van der Waals surface area contributed by atoms with Crippen molar-refractivity contribution in [3.05, 3.63) is 35.9 Å². The number of hydrogen-bond donors (Lipinski definition) is 1. The maximum Gasteiger partial charge on any atom is 0.197 e. The standard InChI is InChI=1S/C15H18FN5S/c1-10(9-17)22-15-19-18-14(11(2)20(3)4)21(15)13-7-5-12(16)6-8-13/h5-8,10-11H,1-4H3/p+1/t10-,11-/m0/s1. The van der Waals surface area contributed by atoms with Crippen LogP contribution in [0.2, 0.25) is 0 Å². The first-order valence-electron chi connectivity index (χ1n) is 7.01. The fraction of sp³-hybridized carbons (Fsp3) is 0.400. The molecule has 0 aliphatic heterocycles. The lowest BCUT2D eigenvalue weighted by Gasteiger charge is -2.18. The minimum absolute atomic E-state index is 0.115. The highest BCUT2D eigenvalue weighted by Gasteiger charge is 2.24. The third-order valence-electron chi connectivity index (χ3n) is 3.46. The van der Waals surface area contributed by atoms with Gasteiger partial charge in [-0.15, -0.1) is 10.2 Å². The van der Waals surface area contributed by atoms with Crippen molar-refractivity contribution >= 4 is 11.8 Å². The Kier molecular flexibility index (Phi) is 5.16. The Bertz CT molecular complexity index is 674. The molecule has 22 heavy (non-hydrogen) atoms. The van der Waals surface area contributed by atoms with Gasteiger partial charge in [0, 0.05) is 5.69 Å². The summed E-state index contributed by atoms with van der Waals surface area (Å²) in [6.45, 7) is 3.87. The molecule has 0 unspecified atom stereocenters. The number of quaternary nitrogens is 1. The van der Waals surface area contributed by atoms with Crippen molar-refractivity contribution in [3.8, 4) is 11.8 Å². The Balaban J connectivity index is 2.52. The van der Waals surface area contributed by atoms with Gasteiger partial charge in [0.1, 0.15) is 11.9 Å². The molecule has 1 N–H and O–H groups in total. The van der Waals surface area contributed by atoms with E-state index in [1.807, 2.05) is 25.6 Å². The monoisotopic (exact) mass is 320 g/mol. The number of hydrogen-bond acceptors (Lipinski definition) is 4. The van der Waals surface area contributed by atoms with Crippen LogP contribution in [0.25, 0.3) is 5.69 Å². The van der Waals surface area contributed by atoms with Crippen LogP contribution in [0.5, 0.6) is 0 Å². The maximum absolute atomic E-state index is 13.2. The van der Waals surface area contributed by atoms with E-state index >= 15 is 0 Å². The van der Waals surface area contributed by atoms with Crippen molar-refractivity contribution < 1.29 is 9.29 Å². The van der Waals surface area contributed by atoms with Gasteiger partial charge in [0.2, 0.25) is 0 Å². The molecule has 0 aliphatic carbocycles. The van der Waals surface area contributed by atoms with Crippen molar-refractivity contribution in [2.24, 2.45) is 0 Å². The van der Waals surface area contributed by atoms with E-state index in [0.29, 0.717) is 5.16 Å². The van der Waals surface area contributed by atoms with E-state index in [-0.39, 0.29) is 17.1 Å². The summed E-state index contributed by atoms with van der Waals surface area (Å²) in [5, 5.41) is 17.9. The first-order chi connectivity index (χ1) is 10.4. The number of rotatable bonds is 5. The van der Waals surface area contributed by atoms with Crippen molar-refractivity contribution in [1.29, 1.82) is 5.26 Å². The number of halogens is 1. The lowest BCUT2D eigenvalue weighted by atomic mass is 10.2. The Morgan fingerprint density at radius 2 is 1.86 bits per heavy atom. The first-order valence-corrected chi connectivity index (χ1v) is 7.89. The van der Waals surface area contributed by atoms with Crippen molar-refractivity contribution in [2.45, 2.75) is 30.3 Å². The van der Waals surface area contributed by atoms with Crippen LogP contribution in [-0.2, 0) is 0 Å². The van der Waals surface area contributed by atoms with Crippen LogP contribution < -0.4 is 4.90 Å². The number of nitrogens with zero attached hydrogens (tertiary/aromatic N) is 4. The van der Waals surface area contributed by atoms with Crippen molar-refractivity contribution in [1.82, 2.24) is 14.8 Å². The zero-order chi connectivity index (χ0) is 16.3. The molecule has 0 fully saturated rings. The number of nitrogens with one attached hydrogen (secondary N) is 1. The third kappa shape index (κ3) is 3.46. The van der Waals surface area contributed by atoms with Crippen LogP contribution in [-0.4, -0.2) is 34.1 Å². The Morgan fingerprint density at radius 1 is 1.23 bits per heavy atom. The van der Waals surface area contributed by atoms with Gasteiger partial charge in [0.25, 0.3) is 0 Å². The molecule has 116 valence electrons. The summed E-state index contributed by atoms with van der Waals surface area (Å²) in [5.74, 6) is 0.503. The number of aromatic nitrogens is 3. The zero-order valence-electron chi connectivity index (χ0n) is 13.0. The van der Waals surface area contributed by atoms with E-state index in [2.05, 4.69) is 23.2 Å². The molecule has 5 nitrogen and oxygen atoms in total. The van der Waals surface area contributed by atoms with Crippen LogP contribution in [0.3, 0.4) is 0 Å². The highest BCUT2D eigenvalue weighted by molar-refractivity contribution is 8.00.